The highest BCUT2D eigenvalue weighted by atomic mass is 32.2. The summed E-state index contributed by atoms with van der Waals surface area (Å²) in [6, 6.07) is 12.8. The normalized spacial score (nSPS) is 11.6. The molecule has 2 N–H and O–H groups in total. The van der Waals surface area contributed by atoms with Gasteiger partial charge in [0.25, 0.3) is 10.0 Å². The standard InChI is InChI=1S/C15H18N2O4S2/c18-14(16-19)9-11-17(10-8-13-5-2-1-3-6-13)23(20,21)15-7-4-12-22-15/h1-7,12,19H,8-11H2,(H,16,18). The SMILES string of the molecule is O=C(CCN(CCc1ccccc1)S(=O)(=O)c1cccs1)NO. The average molecular weight is 354 g/mol. The summed E-state index contributed by atoms with van der Waals surface area (Å²) in [5, 5.41) is 10.3. The molecule has 8 heteroatoms. The third kappa shape index (κ3) is 4.87. The van der Waals surface area contributed by atoms with E-state index in [1.165, 1.54) is 9.79 Å². The molecule has 2 rings (SSSR count). The van der Waals surface area contributed by atoms with E-state index in [9.17, 15) is 13.2 Å². The van der Waals surface area contributed by atoms with Crippen LogP contribution in [0.15, 0.2) is 52.1 Å². The van der Waals surface area contributed by atoms with Gasteiger partial charge in [0.2, 0.25) is 5.91 Å². The van der Waals surface area contributed by atoms with Crippen molar-refractivity contribution in [3.63, 3.8) is 0 Å². The molecular weight excluding hydrogens is 336 g/mol. The fourth-order valence-corrected chi connectivity index (χ4v) is 4.66. The second-order valence-corrected chi connectivity index (χ2v) is 7.97. The van der Waals surface area contributed by atoms with Crippen molar-refractivity contribution in [1.82, 2.24) is 9.79 Å². The van der Waals surface area contributed by atoms with Crippen molar-refractivity contribution in [2.24, 2.45) is 0 Å². The molecule has 0 saturated carbocycles. The maximum Gasteiger partial charge on any atom is 0.252 e. The monoisotopic (exact) mass is 354 g/mol. The Balaban J connectivity index is 2.13. The molecule has 1 aromatic heterocycles. The number of rotatable bonds is 8. The molecule has 0 unspecified atom stereocenters. The quantitative estimate of drug-likeness (QED) is 0.560. The highest BCUT2D eigenvalue weighted by molar-refractivity contribution is 7.91. The second-order valence-electron chi connectivity index (χ2n) is 4.86. The van der Waals surface area contributed by atoms with Crippen LogP contribution in [0.1, 0.15) is 12.0 Å². The first kappa shape index (κ1) is 17.6. The molecule has 0 aliphatic heterocycles. The summed E-state index contributed by atoms with van der Waals surface area (Å²) in [6.07, 6.45) is 0.447. The van der Waals surface area contributed by atoms with Crippen molar-refractivity contribution in [1.29, 1.82) is 0 Å². The molecule has 1 heterocycles. The van der Waals surface area contributed by atoms with Gasteiger partial charge >= 0.3 is 0 Å². The summed E-state index contributed by atoms with van der Waals surface area (Å²) >= 11 is 1.14. The number of sulfonamides is 1. The van der Waals surface area contributed by atoms with Crippen LogP contribution in [0, 0.1) is 0 Å². The van der Waals surface area contributed by atoms with E-state index in [0.717, 1.165) is 16.9 Å². The minimum absolute atomic E-state index is 0.0134. The number of hydrogen-bond donors (Lipinski definition) is 2. The van der Waals surface area contributed by atoms with E-state index in [0.29, 0.717) is 6.42 Å². The topological polar surface area (TPSA) is 86.7 Å². The minimum atomic E-state index is -3.64. The van der Waals surface area contributed by atoms with Crippen molar-refractivity contribution >= 4 is 27.3 Å². The average Bonchev–Trinajstić information content (AvgIpc) is 3.10. The number of nitrogens with one attached hydrogen (secondary N) is 1. The lowest BCUT2D eigenvalue weighted by molar-refractivity contribution is -0.129. The van der Waals surface area contributed by atoms with E-state index in [1.54, 1.807) is 17.5 Å². The number of carbonyl (C=O) groups excluding carboxylic acids is 1. The van der Waals surface area contributed by atoms with E-state index in [2.05, 4.69) is 0 Å². The number of benzene rings is 1. The Morgan fingerprint density at radius 1 is 1.13 bits per heavy atom. The Morgan fingerprint density at radius 2 is 1.87 bits per heavy atom. The third-order valence-corrected chi connectivity index (χ3v) is 6.57. The zero-order valence-electron chi connectivity index (χ0n) is 12.4. The first-order valence-corrected chi connectivity index (χ1v) is 9.36. The fourth-order valence-electron chi connectivity index (χ4n) is 2.07. The molecule has 2 aromatic rings. The number of hydrogen-bond acceptors (Lipinski definition) is 5. The van der Waals surface area contributed by atoms with Gasteiger partial charge < -0.3 is 0 Å². The zero-order chi connectivity index (χ0) is 16.7. The molecule has 1 aromatic carbocycles. The maximum atomic E-state index is 12.7. The Kier molecular flexibility index (Phi) is 6.28. The molecule has 0 saturated heterocycles. The van der Waals surface area contributed by atoms with Crippen LogP contribution in [-0.4, -0.2) is 36.9 Å². The Bertz CT molecular complexity index is 715. The van der Waals surface area contributed by atoms with Crippen LogP contribution in [-0.2, 0) is 21.2 Å². The third-order valence-electron chi connectivity index (χ3n) is 3.29. The zero-order valence-corrected chi connectivity index (χ0v) is 14.0. The smallest absolute Gasteiger partial charge is 0.252 e. The van der Waals surface area contributed by atoms with Crippen molar-refractivity contribution in [3.05, 3.63) is 53.4 Å². The van der Waals surface area contributed by atoms with Crippen LogP contribution < -0.4 is 5.48 Å². The summed E-state index contributed by atoms with van der Waals surface area (Å²) in [4.78, 5) is 11.2. The van der Waals surface area contributed by atoms with E-state index in [-0.39, 0.29) is 23.7 Å². The van der Waals surface area contributed by atoms with Gasteiger partial charge in [0.15, 0.2) is 0 Å². The van der Waals surface area contributed by atoms with E-state index in [1.807, 2.05) is 30.3 Å². The molecule has 23 heavy (non-hydrogen) atoms. The van der Waals surface area contributed by atoms with Crippen molar-refractivity contribution in [3.8, 4) is 0 Å². The molecule has 0 aliphatic rings. The molecule has 0 radical (unpaired) electrons. The highest BCUT2D eigenvalue weighted by Gasteiger charge is 2.25. The molecule has 0 atom stereocenters. The lowest BCUT2D eigenvalue weighted by Crippen LogP contribution is -2.35. The largest absolute Gasteiger partial charge is 0.289 e. The van der Waals surface area contributed by atoms with E-state index in [4.69, 9.17) is 5.21 Å². The lowest BCUT2D eigenvalue weighted by Gasteiger charge is -2.21. The summed E-state index contributed by atoms with van der Waals surface area (Å²) in [5.74, 6) is -0.615. The van der Waals surface area contributed by atoms with Crippen LogP contribution in [0.2, 0.25) is 0 Å². The lowest BCUT2D eigenvalue weighted by atomic mass is 10.1. The highest BCUT2D eigenvalue weighted by Crippen LogP contribution is 2.21. The van der Waals surface area contributed by atoms with E-state index >= 15 is 0 Å². The predicted octanol–water partition coefficient (Wildman–Crippen LogP) is 1.88. The molecule has 124 valence electrons. The number of carbonyl (C=O) groups is 1. The number of hydroxylamine groups is 1. The van der Waals surface area contributed by atoms with Crippen LogP contribution >= 0.6 is 11.3 Å². The summed E-state index contributed by atoms with van der Waals surface area (Å²) in [6.45, 7) is 0.280. The van der Waals surface area contributed by atoms with Gasteiger partial charge in [0, 0.05) is 19.5 Å². The van der Waals surface area contributed by atoms with Crippen LogP contribution in [0.3, 0.4) is 0 Å². The molecule has 0 bridgehead atoms. The van der Waals surface area contributed by atoms with Crippen LogP contribution in [0.5, 0.6) is 0 Å². The summed E-state index contributed by atoms with van der Waals surface area (Å²) in [5.41, 5.74) is 2.54. The molecule has 0 spiro atoms. The maximum absolute atomic E-state index is 12.7. The number of thiophene rings is 1. The van der Waals surface area contributed by atoms with Gasteiger partial charge in [-0.25, -0.2) is 13.9 Å². The van der Waals surface area contributed by atoms with Crippen LogP contribution in [0.4, 0.5) is 0 Å². The minimum Gasteiger partial charge on any atom is -0.289 e. The Labute approximate surface area is 139 Å². The van der Waals surface area contributed by atoms with Gasteiger partial charge in [-0.2, -0.15) is 4.31 Å². The first-order chi connectivity index (χ1) is 11.0. The molecule has 1 amide bonds. The van der Waals surface area contributed by atoms with Gasteiger partial charge in [0.1, 0.15) is 4.21 Å². The molecule has 0 fully saturated rings. The van der Waals surface area contributed by atoms with Crippen molar-refractivity contribution in [2.75, 3.05) is 13.1 Å². The second kappa shape index (κ2) is 8.21. The fraction of sp³-hybridized carbons (Fsp3) is 0.267. The van der Waals surface area contributed by atoms with Crippen molar-refractivity contribution in [2.45, 2.75) is 17.1 Å². The Hall–Kier alpha value is -1.74. The van der Waals surface area contributed by atoms with Gasteiger partial charge in [-0.15, -0.1) is 11.3 Å². The van der Waals surface area contributed by atoms with Crippen molar-refractivity contribution < 1.29 is 18.4 Å². The summed E-state index contributed by atoms with van der Waals surface area (Å²) in [7, 11) is -3.64. The molecule has 6 nitrogen and oxygen atoms in total. The Morgan fingerprint density at radius 3 is 2.48 bits per heavy atom. The van der Waals surface area contributed by atoms with Gasteiger partial charge in [-0.1, -0.05) is 36.4 Å². The van der Waals surface area contributed by atoms with Gasteiger partial charge in [-0.05, 0) is 23.4 Å². The van der Waals surface area contributed by atoms with E-state index < -0.39 is 15.9 Å². The molecular formula is C15H18N2O4S2. The van der Waals surface area contributed by atoms with Gasteiger partial charge in [0.05, 0.1) is 0 Å². The number of nitrogens with zero attached hydrogens (tertiary/aromatic N) is 1. The first-order valence-electron chi connectivity index (χ1n) is 7.04. The van der Waals surface area contributed by atoms with Gasteiger partial charge in [-0.3, -0.25) is 10.0 Å². The predicted molar refractivity (Wildman–Crippen MR) is 87.8 cm³/mol. The van der Waals surface area contributed by atoms with Crippen LogP contribution in [0.25, 0.3) is 0 Å². The molecule has 0 aliphatic carbocycles. The number of amides is 1. The summed E-state index contributed by atoms with van der Waals surface area (Å²) < 4.78 is 26.8.